The van der Waals surface area contributed by atoms with Crippen LogP contribution in [0.2, 0.25) is 0 Å². The molecule has 5 rings (SSSR count). The molecule has 8 heteroatoms. The normalized spacial score (nSPS) is 28.6. The van der Waals surface area contributed by atoms with Crippen molar-refractivity contribution in [2.45, 2.75) is 25.2 Å². The van der Waals surface area contributed by atoms with E-state index in [1.807, 2.05) is 12.2 Å². The van der Waals surface area contributed by atoms with Crippen LogP contribution in [0.25, 0.3) is 0 Å². The maximum atomic E-state index is 13.3. The third-order valence-electron chi connectivity index (χ3n) is 5.92. The first kappa shape index (κ1) is 18.6. The Balaban J connectivity index is 1.35. The topological polar surface area (TPSA) is 101 Å². The van der Waals surface area contributed by atoms with Crippen LogP contribution in [-0.4, -0.2) is 36.0 Å². The largest absolute Gasteiger partial charge is 0.467 e. The Morgan fingerprint density at radius 1 is 1.23 bits per heavy atom. The Hall–Kier alpha value is -3.39. The Bertz CT molecular complexity index is 1030. The summed E-state index contributed by atoms with van der Waals surface area (Å²) in [5.41, 5.74) is 0.571. The number of nitrogens with zero attached hydrogens (tertiary/aromatic N) is 1. The number of hydrogen-bond acceptors (Lipinski definition) is 5. The van der Waals surface area contributed by atoms with Crippen LogP contribution in [0.5, 0.6) is 0 Å². The van der Waals surface area contributed by atoms with Gasteiger partial charge in [0.2, 0.25) is 17.7 Å². The second-order valence-electron chi connectivity index (χ2n) is 7.85. The average molecular weight is 407 g/mol. The quantitative estimate of drug-likeness (QED) is 0.737. The van der Waals surface area contributed by atoms with Gasteiger partial charge in [-0.15, -0.1) is 0 Å². The van der Waals surface area contributed by atoms with E-state index in [9.17, 15) is 14.4 Å². The molecule has 2 saturated heterocycles. The number of carbonyl (C=O) groups is 3. The molecule has 8 nitrogen and oxygen atoms in total. The van der Waals surface area contributed by atoms with Crippen LogP contribution in [0.3, 0.4) is 0 Å². The Kier molecular flexibility index (Phi) is 4.25. The molecule has 0 saturated carbocycles. The van der Waals surface area contributed by atoms with E-state index in [-0.39, 0.29) is 24.3 Å². The van der Waals surface area contributed by atoms with Gasteiger partial charge in [-0.2, -0.15) is 0 Å². The number of amides is 3. The number of anilines is 2. The van der Waals surface area contributed by atoms with Crippen molar-refractivity contribution in [2.24, 2.45) is 11.8 Å². The lowest BCUT2D eigenvalue weighted by atomic mass is 9.77. The number of ether oxygens (including phenoxy) is 1. The lowest BCUT2D eigenvalue weighted by molar-refractivity contribution is -0.132. The molecule has 0 aliphatic carbocycles. The molecule has 30 heavy (non-hydrogen) atoms. The first-order chi connectivity index (χ1) is 14.5. The molecule has 1 aromatic heterocycles. The third kappa shape index (κ3) is 2.91. The van der Waals surface area contributed by atoms with Gasteiger partial charge in [0.15, 0.2) is 0 Å². The van der Waals surface area contributed by atoms with Crippen molar-refractivity contribution in [1.82, 2.24) is 5.32 Å². The van der Waals surface area contributed by atoms with Gasteiger partial charge in [0.05, 0.1) is 37.3 Å². The minimum atomic E-state index is -0.787. The summed E-state index contributed by atoms with van der Waals surface area (Å²) in [6.07, 6.45) is 4.95. The van der Waals surface area contributed by atoms with Gasteiger partial charge in [-0.1, -0.05) is 12.2 Å². The second kappa shape index (κ2) is 6.84. The highest BCUT2D eigenvalue weighted by Crippen LogP contribution is 2.52. The number of hydrogen-bond donors (Lipinski definition) is 2. The van der Waals surface area contributed by atoms with Gasteiger partial charge in [0.1, 0.15) is 11.4 Å². The molecule has 3 aliphatic heterocycles. The fourth-order valence-electron chi connectivity index (χ4n) is 4.65. The van der Waals surface area contributed by atoms with Crippen molar-refractivity contribution in [1.29, 1.82) is 0 Å². The van der Waals surface area contributed by atoms with Gasteiger partial charge in [0, 0.05) is 18.3 Å². The average Bonchev–Trinajstić information content (AvgIpc) is 3.48. The van der Waals surface area contributed by atoms with Crippen LogP contribution >= 0.6 is 0 Å². The monoisotopic (exact) mass is 407 g/mol. The van der Waals surface area contributed by atoms with Crippen LogP contribution in [0, 0.1) is 11.8 Å². The maximum absolute atomic E-state index is 13.3. The smallest absolute Gasteiger partial charge is 0.234 e. The van der Waals surface area contributed by atoms with Gasteiger partial charge in [-0.3, -0.25) is 14.4 Å². The summed E-state index contributed by atoms with van der Waals surface area (Å²) in [6, 6.07) is 10.6. The number of rotatable bonds is 5. The number of nitrogens with one attached hydrogen (secondary N) is 2. The van der Waals surface area contributed by atoms with Crippen molar-refractivity contribution in [3.05, 3.63) is 60.6 Å². The molecule has 3 amide bonds. The molecule has 4 heterocycles. The van der Waals surface area contributed by atoms with E-state index in [4.69, 9.17) is 9.15 Å². The molecule has 4 atom stereocenters. The predicted molar refractivity (Wildman–Crippen MR) is 107 cm³/mol. The summed E-state index contributed by atoms with van der Waals surface area (Å²) >= 11 is 0. The lowest BCUT2D eigenvalue weighted by Crippen LogP contribution is -2.43. The molecule has 0 radical (unpaired) electrons. The second-order valence-corrected chi connectivity index (χ2v) is 7.85. The highest BCUT2D eigenvalue weighted by molar-refractivity contribution is 6.03. The molecule has 2 fully saturated rings. The molecule has 2 N–H and O–H groups in total. The van der Waals surface area contributed by atoms with Crippen LogP contribution < -0.4 is 15.5 Å². The van der Waals surface area contributed by atoms with E-state index in [2.05, 4.69) is 10.6 Å². The zero-order chi connectivity index (χ0) is 20.9. The van der Waals surface area contributed by atoms with Crippen LogP contribution in [-0.2, 0) is 25.7 Å². The van der Waals surface area contributed by atoms with Gasteiger partial charge in [0.25, 0.3) is 0 Å². The molecular weight excluding hydrogens is 386 g/mol. The van der Waals surface area contributed by atoms with Crippen molar-refractivity contribution in [2.75, 3.05) is 16.8 Å². The molecule has 2 bridgehead atoms. The van der Waals surface area contributed by atoms with E-state index in [1.165, 1.54) is 6.92 Å². The molecule has 1 aromatic carbocycles. The predicted octanol–water partition coefficient (Wildman–Crippen LogP) is 1.84. The number of fused-ring (bicyclic) bond motifs is 1. The summed E-state index contributed by atoms with van der Waals surface area (Å²) in [5.74, 6) is -1.01. The summed E-state index contributed by atoms with van der Waals surface area (Å²) in [5, 5.41) is 5.57. The van der Waals surface area contributed by atoms with Crippen molar-refractivity contribution in [3.63, 3.8) is 0 Å². The zero-order valence-electron chi connectivity index (χ0n) is 16.3. The van der Waals surface area contributed by atoms with Gasteiger partial charge in [-0.05, 0) is 36.4 Å². The van der Waals surface area contributed by atoms with Gasteiger partial charge in [-0.25, -0.2) is 0 Å². The van der Waals surface area contributed by atoms with Crippen LogP contribution in [0.4, 0.5) is 11.4 Å². The van der Waals surface area contributed by atoms with E-state index < -0.39 is 23.5 Å². The van der Waals surface area contributed by atoms with Gasteiger partial charge >= 0.3 is 0 Å². The molecule has 1 spiro atoms. The van der Waals surface area contributed by atoms with Crippen molar-refractivity contribution < 1.29 is 23.5 Å². The molecule has 3 aliphatic rings. The molecular formula is C22H21N3O5. The number of benzene rings is 1. The van der Waals surface area contributed by atoms with Crippen molar-refractivity contribution in [3.8, 4) is 0 Å². The Labute approximate surface area is 172 Å². The molecule has 154 valence electrons. The maximum Gasteiger partial charge on any atom is 0.234 e. The van der Waals surface area contributed by atoms with Crippen LogP contribution in [0.15, 0.2) is 59.2 Å². The lowest BCUT2D eigenvalue weighted by Gasteiger charge is -2.23. The fourth-order valence-corrected chi connectivity index (χ4v) is 4.65. The zero-order valence-corrected chi connectivity index (χ0v) is 16.3. The third-order valence-corrected chi connectivity index (χ3v) is 5.92. The van der Waals surface area contributed by atoms with Crippen molar-refractivity contribution >= 4 is 29.1 Å². The number of carbonyl (C=O) groups excluding carboxylic acids is 3. The molecule has 0 unspecified atom stereocenters. The highest BCUT2D eigenvalue weighted by atomic mass is 16.5. The standard InChI is InChI=1S/C22H21N3O5/c1-13(26)24-14-4-6-15(7-5-14)25-12-22-9-8-17(30-22)18(19(22)21(25)28)20(27)23-11-16-3-2-10-29-16/h2-10,17-19H,11-12H2,1H3,(H,23,27)(H,24,26)/t17-,18+,19+,22-/m1/s1. The van der Waals surface area contributed by atoms with Crippen LogP contribution in [0.1, 0.15) is 12.7 Å². The SMILES string of the molecule is CC(=O)Nc1ccc(N2C[C@@]34C=C[C@@H](O3)[C@H](C(=O)NCc3ccco3)[C@H]4C2=O)cc1. The first-order valence-electron chi connectivity index (χ1n) is 9.83. The number of furan rings is 1. The summed E-state index contributed by atoms with van der Waals surface area (Å²) in [6.45, 7) is 2.06. The van der Waals surface area contributed by atoms with Gasteiger partial charge < -0.3 is 24.7 Å². The summed E-state index contributed by atoms with van der Waals surface area (Å²) in [7, 11) is 0. The first-order valence-corrected chi connectivity index (χ1v) is 9.83. The van der Waals surface area contributed by atoms with E-state index in [0.29, 0.717) is 23.7 Å². The Morgan fingerprint density at radius 3 is 2.73 bits per heavy atom. The fraction of sp³-hybridized carbons (Fsp3) is 0.318. The van der Waals surface area contributed by atoms with E-state index in [0.717, 1.165) is 0 Å². The molecule has 2 aromatic rings. The van der Waals surface area contributed by atoms with E-state index >= 15 is 0 Å². The minimum absolute atomic E-state index is 0.132. The Morgan fingerprint density at radius 2 is 2.03 bits per heavy atom. The summed E-state index contributed by atoms with van der Waals surface area (Å²) < 4.78 is 11.4. The highest BCUT2D eigenvalue weighted by Gasteiger charge is 2.67. The van der Waals surface area contributed by atoms with E-state index in [1.54, 1.807) is 47.6 Å². The summed E-state index contributed by atoms with van der Waals surface area (Å²) in [4.78, 5) is 39.1. The minimum Gasteiger partial charge on any atom is -0.467 e.